The van der Waals surface area contributed by atoms with Gasteiger partial charge in [-0.25, -0.2) is 4.39 Å². The summed E-state index contributed by atoms with van der Waals surface area (Å²) in [6, 6.07) is 2.06. The van der Waals surface area contributed by atoms with Crippen molar-refractivity contribution in [3.63, 3.8) is 0 Å². The van der Waals surface area contributed by atoms with Crippen LogP contribution in [-0.4, -0.2) is 28.1 Å². The average Bonchev–Trinajstić information content (AvgIpc) is 3.01. The summed E-state index contributed by atoms with van der Waals surface area (Å²) < 4.78 is 28.4. The Hall–Kier alpha value is -1.44. The highest BCUT2D eigenvalue weighted by atomic mass is 32.1. The summed E-state index contributed by atoms with van der Waals surface area (Å²) >= 11 is 1.64. The molecule has 0 atom stereocenters. The third kappa shape index (κ3) is 3.91. The molecule has 144 valence electrons. The molecular weight excluding hydrogens is 362 g/mol. The normalized spacial score (nSPS) is 21.8. The van der Waals surface area contributed by atoms with E-state index >= 15 is 0 Å². The third-order valence-corrected chi connectivity index (χ3v) is 6.45. The summed E-state index contributed by atoms with van der Waals surface area (Å²) in [7, 11) is -0.943. The molecule has 1 saturated carbocycles. The van der Waals surface area contributed by atoms with E-state index in [1.54, 1.807) is 17.4 Å². The largest absolute Gasteiger partial charge is 0.524 e. The maximum atomic E-state index is 14.8. The van der Waals surface area contributed by atoms with Gasteiger partial charge in [-0.05, 0) is 64.3 Å². The van der Waals surface area contributed by atoms with Crippen LogP contribution in [0.2, 0.25) is 0 Å². The maximum Gasteiger partial charge on any atom is 0.524 e. The lowest BCUT2D eigenvalue weighted by Crippen LogP contribution is -2.41. The molecule has 2 aliphatic rings. The summed E-state index contributed by atoms with van der Waals surface area (Å²) in [4.78, 5) is 0. The van der Waals surface area contributed by atoms with E-state index in [-0.39, 0.29) is 5.73 Å². The highest BCUT2D eigenvalue weighted by Gasteiger charge is 2.52. The van der Waals surface area contributed by atoms with Gasteiger partial charge in [0.1, 0.15) is 5.73 Å². The van der Waals surface area contributed by atoms with Crippen LogP contribution in [0.5, 0.6) is 0 Å². The van der Waals surface area contributed by atoms with Gasteiger partial charge in [-0.2, -0.15) is 16.4 Å². The molecule has 0 radical (unpaired) electrons. The van der Waals surface area contributed by atoms with E-state index in [4.69, 9.17) is 14.4 Å². The smallest absolute Gasteiger partial charge is 0.398 e. The SMILES string of the molecule is CC1(C)OB(C(F)=CCc2cn(CC3CC3)nc2-c2ccsc2)OC1(C)C. The van der Waals surface area contributed by atoms with Crippen LogP contribution in [0.3, 0.4) is 0 Å². The Bertz CT molecular complexity index is 824. The summed E-state index contributed by atoms with van der Waals surface area (Å²) in [5.41, 5.74) is 1.60. The van der Waals surface area contributed by atoms with Crippen LogP contribution >= 0.6 is 11.3 Å². The molecule has 0 N–H and O–H groups in total. The van der Waals surface area contributed by atoms with Gasteiger partial charge in [-0.15, -0.1) is 0 Å². The van der Waals surface area contributed by atoms with Crippen molar-refractivity contribution in [1.29, 1.82) is 0 Å². The lowest BCUT2D eigenvalue weighted by molar-refractivity contribution is 0.00578. The van der Waals surface area contributed by atoms with E-state index in [2.05, 4.69) is 17.6 Å². The number of aromatic nitrogens is 2. The first kappa shape index (κ1) is 18.9. The number of halogens is 1. The molecule has 3 heterocycles. The average molecular weight is 388 g/mol. The number of thiophene rings is 1. The number of allylic oxidation sites excluding steroid dienone is 1. The summed E-state index contributed by atoms with van der Waals surface area (Å²) in [5.74, 6) is 0.741. The third-order valence-electron chi connectivity index (χ3n) is 5.77. The molecule has 0 unspecified atom stereocenters. The van der Waals surface area contributed by atoms with E-state index in [0.717, 1.165) is 29.3 Å². The molecule has 2 aromatic heterocycles. The van der Waals surface area contributed by atoms with E-state index in [1.165, 1.54) is 12.8 Å². The zero-order chi connectivity index (χ0) is 19.2. The minimum Gasteiger partial charge on any atom is -0.398 e. The Labute approximate surface area is 164 Å². The maximum absolute atomic E-state index is 14.8. The van der Waals surface area contributed by atoms with Gasteiger partial charge in [0.15, 0.2) is 0 Å². The van der Waals surface area contributed by atoms with Gasteiger partial charge in [-0.1, -0.05) is 6.08 Å². The molecule has 4 rings (SSSR count). The van der Waals surface area contributed by atoms with Crippen molar-refractivity contribution in [2.24, 2.45) is 5.92 Å². The van der Waals surface area contributed by atoms with Crippen LogP contribution in [0.1, 0.15) is 46.1 Å². The number of rotatable bonds is 6. The van der Waals surface area contributed by atoms with Crippen molar-refractivity contribution in [3.05, 3.63) is 40.4 Å². The van der Waals surface area contributed by atoms with E-state index in [1.807, 2.05) is 37.8 Å². The zero-order valence-corrected chi connectivity index (χ0v) is 17.2. The second kappa shape index (κ2) is 6.87. The fourth-order valence-corrected chi connectivity index (χ4v) is 3.81. The fraction of sp³-hybridized carbons (Fsp3) is 0.550. The van der Waals surface area contributed by atoms with Crippen LogP contribution in [0.25, 0.3) is 11.3 Å². The van der Waals surface area contributed by atoms with Gasteiger partial charge in [0.25, 0.3) is 0 Å². The highest BCUT2D eigenvalue weighted by Crippen LogP contribution is 2.39. The molecule has 1 aliphatic carbocycles. The molecule has 0 aromatic carbocycles. The molecule has 0 bridgehead atoms. The Morgan fingerprint density at radius 2 is 2.04 bits per heavy atom. The first-order valence-corrected chi connectivity index (χ1v) is 10.5. The topological polar surface area (TPSA) is 36.3 Å². The van der Waals surface area contributed by atoms with Crippen molar-refractivity contribution in [3.8, 4) is 11.3 Å². The lowest BCUT2D eigenvalue weighted by Gasteiger charge is -2.32. The minimum atomic E-state index is -0.943. The molecule has 4 nitrogen and oxygen atoms in total. The van der Waals surface area contributed by atoms with Crippen LogP contribution < -0.4 is 0 Å². The molecule has 1 saturated heterocycles. The number of hydrogen-bond donors (Lipinski definition) is 0. The summed E-state index contributed by atoms with van der Waals surface area (Å²) in [5, 5.41) is 8.89. The minimum absolute atomic E-state index is 0.375. The van der Waals surface area contributed by atoms with Gasteiger partial charge in [0.2, 0.25) is 0 Å². The van der Waals surface area contributed by atoms with E-state index in [9.17, 15) is 4.39 Å². The molecule has 2 aromatic rings. The molecule has 0 amide bonds. The molecule has 0 spiro atoms. The quantitative estimate of drug-likeness (QED) is 0.650. The van der Waals surface area contributed by atoms with Crippen molar-refractivity contribution in [1.82, 2.24) is 9.78 Å². The van der Waals surface area contributed by atoms with Gasteiger partial charge < -0.3 is 9.31 Å². The Balaban J connectivity index is 1.53. The molecule has 1 aliphatic heterocycles. The van der Waals surface area contributed by atoms with Crippen LogP contribution in [-0.2, 0) is 22.3 Å². The second-order valence-corrected chi connectivity index (χ2v) is 9.34. The highest BCUT2D eigenvalue weighted by molar-refractivity contribution is 7.08. The summed E-state index contributed by atoms with van der Waals surface area (Å²) in [6.07, 6.45) is 6.64. The second-order valence-electron chi connectivity index (χ2n) is 8.56. The molecule has 7 heteroatoms. The fourth-order valence-electron chi connectivity index (χ4n) is 3.17. The lowest BCUT2D eigenvalue weighted by atomic mass is 9.87. The predicted octanol–water partition coefficient (Wildman–Crippen LogP) is 5.05. The van der Waals surface area contributed by atoms with Gasteiger partial charge in [0, 0.05) is 29.2 Å². The van der Waals surface area contributed by atoms with Crippen LogP contribution in [0.15, 0.2) is 34.8 Å². The first-order chi connectivity index (χ1) is 12.7. The standard InChI is InChI=1S/C20H26BFN2O2S/c1-19(2)20(3,4)26-21(25-19)17(22)8-7-15-12-24(11-14-5-6-14)23-18(15)16-9-10-27-13-16/h8-10,12-14H,5-7,11H2,1-4H3. The van der Waals surface area contributed by atoms with Crippen LogP contribution in [0.4, 0.5) is 4.39 Å². The number of hydrogen-bond acceptors (Lipinski definition) is 4. The van der Waals surface area contributed by atoms with Gasteiger partial charge >= 0.3 is 7.12 Å². The molecular formula is C20H26BFN2O2S. The summed E-state index contributed by atoms with van der Waals surface area (Å²) in [6.45, 7) is 8.65. The Morgan fingerprint density at radius 1 is 1.33 bits per heavy atom. The Morgan fingerprint density at radius 3 is 2.63 bits per heavy atom. The predicted molar refractivity (Wildman–Crippen MR) is 107 cm³/mol. The van der Waals surface area contributed by atoms with Crippen LogP contribution in [0, 0.1) is 5.92 Å². The Kier molecular flexibility index (Phi) is 4.81. The van der Waals surface area contributed by atoms with Gasteiger partial charge in [0.05, 0.1) is 16.9 Å². The first-order valence-electron chi connectivity index (χ1n) is 9.55. The van der Waals surface area contributed by atoms with Crippen molar-refractivity contribution in [2.75, 3.05) is 0 Å². The van der Waals surface area contributed by atoms with Gasteiger partial charge in [-0.3, -0.25) is 4.68 Å². The monoisotopic (exact) mass is 388 g/mol. The van der Waals surface area contributed by atoms with Crippen molar-refractivity contribution >= 4 is 18.5 Å². The van der Waals surface area contributed by atoms with Crippen molar-refractivity contribution in [2.45, 2.75) is 64.7 Å². The molecule has 27 heavy (non-hydrogen) atoms. The zero-order valence-electron chi connectivity index (χ0n) is 16.4. The number of nitrogens with zero attached hydrogens (tertiary/aromatic N) is 2. The van der Waals surface area contributed by atoms with E-state index in [0.29, 0.717) is 6.42 Å². The van der Waals surface area contributed by atoms with Crippen molar-refractivity contribution < 1.29 is 13.7 Å². The molecule has 2 fully saturated rings. The van der Waals surface area contributed by atoms with E-state index < -0.39 is 18.3 Å².